The number of rotatable bonds is 5. The van der Waals surface area contributed by atoms with Crippen molar-refractivity contribution in [3.63, 3.8) is 0 Å². The summed E-state index contributed by atoms with van der Waals surface area (Å²) >= 11 is 3.42. The van der Waals surface area contributed by atoms with Crippen molar-refractivity contribution in [1.82, 2.24) is 4.90 Å². The van der Waals surface area contributed by atoms with E-state index < -0.39 is 17.5 Å². The molecule has 33 heavy (non-hydrogen) atoms. The number of ether oxygens (including phenoxy) is 1. The largest absolute Gasteiger partial charge is 0.489 e. The molecule has 3 atom stereocenters. The Kier molecular flexibility index (Phi) is 5.42. The number of amides is 1. The summed E-state index contributed by atoms with van der Waals surface area (Å²) in [5, 5.41) is 15.2. The molecule has 7 nitrogen and oxygen atoms in total. The minimum absolute atomic E-state index is 0.298. The van der Waals surface area contributed by atoms with E-state index in [1.54, 1.807) is 13.1 Å². The zero-order valence-corrected chi connectivity index (χ0v) is 19.5. The smallest absolute Gasteiger partial charge is 0.256 e. The molecule has 0 radical (unpaired) electrons. The van der Waals surface area contributed by atoms with Crippen LogP contribution >= 0.6 is 15.9 Å². The van der Waals surface area contributed by atoms with Crippen LogP contribution in [0.25, 0.3) is 0 Å². The molecule has 168 valence electrons. The predicted molar refractivity (Wildman–Crippen MR) is 128 cm³/mol. The van der Waals surface area contributed by atoms with Crippen molar-refractivity contribution in [3.8, 4) is 5.75 Å². The normalized spacial score (nSPS) is 24.0. The highest BCUT2D eigenvalue weighted by atomic mass is 79.9. The zero-order valence-electron chi connectivity index (χ0n) is 17.9. The minimum atomic E-state index is -1.33. The third kappa shape index (κ3) is 3.50. The van der Waals surface area contributed by atoms with Gasteiger partial charge in [-0.05, 0) is 48.5 Å². The second-order valence-corrected chi connectivity index (χ2v) is 9.38. The Morgan fingerprint density at radius 2 is 1.82 bits per heavy atom. The first-order valence-corrected chi connectivity index (χ1v) is 11.4. The molecule has 0 aromatic heterocycles. The minimum Gasteiger partial charge on any atom is -0.489 e. The molecule has 2 aliphatic heterocycles. The maximum atomic E-state index is 13.2. The molecule has 1 amide bonds. The number of halogens is 1. The van der Waals surface area contributed by atoms with Crippen LogP contribution in [0.5, 0.6) is 5.75 Å². The number of para-hydroxylation sites is 1. The summed E-state index contributed by atoms with van der Waals surface area (Å²) < 4.78 is 6.89. The maximum absolute atomic E-state index is 13.2. The van der Waals surface area contributed by atoms with E-state index in [1.807, 2.05) is 71.6 Å². The van der Waals surface area contributed by atoms with Gasteiger partial charge in [-0.1, -0.05) is 58.4 Å². The quantitative estimate of drug-likeness (QED) is 0.404. The highest BCUT2D eigenvalue weighted by molar-refractivity contribution is 9.10. The molecule has 3 aromatic carbocycles. The predicted octanol–water partition coefficient (Wildman–Crippen LogP) is 4.55. The molecule has 5 rings (SSSR count). The number of nitro groups is 1. The van der Waals surface area contributed by atoms with E-state index in [2.05, 4.69) is 21.2 Å². The maximum Gasteiger partial charge on any atom is 0.256 e. The van der Waals surface area contributed by atoms with Gasteiger partial charge in [0.15, 0.2) is 5.54 Å². The van der Waals surface area contributed by atoms with E-state index >= 15 is 0 Å². The molecule has 0 aliphatic carbocycles. The number of likely N-dealkylation sites (N-methyl/N-ethyl adjacent to an activating group) is 1. The van der Waals surface area contributed by atoms with Gasteiger partial charge in [0.25, 0.3) is 11.9 Å². The van der Waals surface area contributed by atoms with Crippen molar-refractivity contribution in [2.75, 3.05) is 18.9 Å². The number of hydrogen-bond donors (Lipinski definition) is 1. The van der Waals surface area contributed by atoms with Crippen molar-refractivity contribution in [1.29, 1.82) is 0 Å². The molecular formula is C25H22BrN3O4. The van der Waals surface area contributed by atoms with Gasteiger partial charge in [0.1, 0.15) is 12.4 Å². The van der Waals surface area contributed by atoms with E-state index in [-0.39, 0.29) is 10.8 Å². The summed E-state index contributed by atoms with van der Waals surface area (Å²) in [5.41, 5.74) is 1.82. The van der Waals surface area contributed by atoms with Crippen molar-refractivity contribution in [2.45, 2.75) is 24.1 Å². The molecule has 8 heteroatoms. The van der Waals surface area contributed by atoms with Gasteiger partial charge < -0.3 is 10.1 Å². The summed E-state index contributed by atoms with van der Waals surface area (Å²) in [4.78, 5) is 27.1. The van der Waals surface area contributed by atoms with Gasteiger partial charge in [-0.3, -0.25) is 19.8 Å². The summed E-state index contributed by atoms with van der Waals surface area (Å²) in [6.45, 7) is 0.822. The Bertz CT molecular complexity index is 1220. The average molecular weight is 508 g/mol. The van der Waals surface area contributed by atoms with E-state index in [0.29, 0.717) is 30.2 Å². The van der Waals surface area contributed by atoms with Gasteiger partial charge in [-0.25, -0.2) is 0 Å². The number of carbonyl (C=O) groups excluding carboxylic acids is 1. The van der Waals surface area contributed by atoms with Crippen molar-refractivity contribution in [3.05, 3.63) is 104 Å². The summed E-state index contributed by atoms with van der Waals surface area (Å²) in [6, 6.07) is 21.4. The Morgan fingerprint density at radius 1 is 1.12 bits per heavy atom. The van der Waals surface area contributed by atoms with Crippen LogP contribution in [0.3, 0.4) is 0 Å². The third-order valence-corrected chi connectivity index (χ3v) is 7.20. The number of anilines is 1. The van der Waals surface area contributed by atoms with Crippen molar-refractivity contribution in [2.24, 2.45) is 0 Å². The SMILES string of the molecule is CN1C[C@H](c2ccc(OCc3ccc(Br)cc3)cc2)[C@H]([N+](=O)[O-])[C@]12C(=O)Nc1ccccc12. The molecule has 1 spiro atoms. The average Bonchev–Trinajstić information content (AvgIpc) is 3.29. The van der Waals surface area contributed by atoms with Crippen LogP contribution in [0.2, 0.25) is 0 Å². The Hall–Kier alpha value is -3.23. The molecule has 1 N–H and O–H groups in total. The molecule has 2 heterocycles. The fourth-order valence-electron chi connectivity index (χ4n) is 5.14. The van der Waals surface area contributed by atoms with Gasteiger partial charge in [-0.2, -0.15) is 0 Å². The van der Waals surface area contributed by atoms with E-state index in [9.17, 15) is 14.9 Å². The van der Waals surface area contributed by atoms with E-state index in [0.717, 1.165) is 15.6 Å². The molecular weight excluding hydrogens is 486 g/mol. The van der Waals surface area contributed by atoms with Crippen molar-refractivity contribution >= 4 is 27.5 Å². The Labute approximate surface area is 199 Å². The monoisotopic (exact) mass is 507 g/mol. The highest BCUT2D eigenvalue weighted by Crippen LogP contribution is 2.51. The lowest BCUT2D eigenvalue weighted by molar-refractivity contribution is -0.534. The fraction of sp³-hybridized carbons (Fsp3) is 0.240. The molecule has 2 aliphatic rings. The van der Waals surface area contributed by atoms with Gasteiger partial charge >= 0.3 is 0 Å². The van der Waals surface area contributed by atoms with Crippen molar-refractivity contribution < 1.29 is 14.5 Å². The first kappa shape index (κ1) is 21.6. The summed E-state index contributed by atoms with van der Waals surface area (Å²) in [6.07, 6.45) is 0. The lowest BCUT2D eigenvalue weighted by atomic mass is 9.79. The van der Waals surface area contributed by atoms with Gasteiger partial charge in [-0.15, -0.1) is 0 Å². The molecule has 0 saturated carbocycles. The van der Waals surface area contributed by atoms with Crippen LogP contribution in [0.4, 0.5) is 5.69 Å². The Balaban J connectivity index is 1.42. The first-order valence-electron chi connectivity index (χ1n) is 10.6. The van der Waals surface area contributed by atoms with Crippen LogP contribution < -0.4 is 10.1 Å². The highest BCUT2D eigenvalue weighted by Gasteiger charge is 2.68. The number of likely N-dealkylation sites (tertiary alicyclic amines) is 1. The summed E-state index contributed by atoms with van der Waals surface area (Å²) in [7, 11) is 1.79. The van der Waals surface area contributed by atoms with Crippen LogP contribution in [0, 0.1) is 10.1 Å². The number of fused-ring (bicyclic) bond motifs is 2. The summed E-state index contributed by atoms with van der Waals surface area (Å²) in [5.74, 6) is -0.100. The first-order chi connectivity index (χ1) is 15.9. The number of hydrogen-bond acceptors (Lipinski definition) is 5. The molecule has 1 saturated heterocycles. The van der Waals surface area contributed by atoms with Crippen LogP contribution in [-0.4, -0.2) is 35.4 Å². The van der Waals surface area contributed by atoms with Crippen LogP contribution in [0.15, 0.2) is 77.3 Å². The number of nitrogens with one attached hydrogen (secondary N) is 1. The second kappa shape index (κ2) is 8.28. The topological polar surface area (TPSA) is 84.7 Å². The molecule has 0 unspecified atom stereocenters. The number of carbonyl (C=O) groups is 1. The van der Waals surface area contributed by atoms with Gasteiger partial charge in [0, 0.05) is 27.2 Å². The number of nitrogens with zero attached hydrogens (tertiary/aromatic N) is 2. The fourth-order valence-corrected chi connectivity index (χ4v) is 5.40. The molecule has 3 aromatic rings. The van der Waals surface area contributed by atoms with Gasteiger partial charge in [0.05, 0.1) is 5.92 Å². The molecule has 0 bridgehead atoms. The van der Waals surface area contributed by atoms with Crippen LogP contribution in [-0.2, 0) is 16.9 Å². The standard InChI is InChI=1S/C25H22BrN3O4/c1-28-14-20(17-8-12-19(13-9-17)33-15-16-6-10-18(26)11-7-16)23(29(31)32)25(28)21-4-2-3-5-22(21)27-24(25)30/h2-13,20,23H,14-15H2,1H3,(H,27,30)/t20-,23+,25-/m1/s1. The lowest BCUT2D eigenvalue weighted by Crippen LogP contribution is -2.54. The third-order valence-electron chi connectivity index (χ3n) is 6.67. The van der Waals surface area contributed by atoms with Crippen LogP contribution in [0.1, 0.15) is 22.6 Å². The van der Waals surface area contributed by atoms with E-state index in [4.69, 9.17) is 4.74 Å². The van der Waals surface area contributed by atoms with Gasteiger partial charge in [0.2, 0.25) is 0 Å². The molecule has 1 fully saturated rings. The second-order valence-electron chi connectivity index (χ2n) is 8.47. The zero-order chi connectivity index (χ0) is 23.2. The number of benzene rings is 3. The lowest BCUT2D eigenvalue weighted by Gasteiger charge is -2.30. The Morgan fingerprint density at radius 3 is 2.52 bits per heavy atom. The van der Waals surface area contributed by atoms with E-state index in [1.165, 1.54) is 0 Å².